The van der Waals surface area contributed by atoms with Gasteiger partial charge in [0.05, 0.1) is 0 Å². The first-order valence-electron chi connectivity index (χ1n) is 7.02. The van der Waals surface area contributed by atoms with Gasteiger partial charge in [-0.3, -0.25) is 4.79 Å². The molecule has 0 aromatic carbocycles. The molecule has 1 N–H and O–H groups in total. The summed E-state index contributed by atoms with van der Waals surface area (Å²) < 4.78 is 0. The van der Waals surface area contributed by atoms with E-state index < -0.39 is 0 Å². The maximum atomic E-state index is 11.2. The maximum absolute atomic E-state index is 11.2. The molecule has 0 bridgehead atoms. The first-order valence-corrected chi connectivity index (χ1v) is 7.02. The maximum Gasteiger partial charge on any atom is 0.217 e. The topological polar surface area (TPSA) is 32.3 Å². The Morgan fingerprint density at radius 1 is 1.41 bits per heavy atom. The van der Waals surface area contributed by atoms with Crippen LogP contribution in [0.15, 0.2) is 0 Å². The van der Waals surface area contributed by atoms with E-state index >= 15 is 0 Å². The van der Waals surface area contributed by atoms with Crippen molar-refractivity contribution < 1.29 is 4.79 Å². The van der Waals surface area contributed by atoms with Crippen molar-refractivity contribution in [2.45, 2.75) is 53.0 Å². The summed E-state index contributed by atoms with van der Waals surface area (Å²) in [6.45, 7) is 11.8. The molecule has 1 fully saturated rings. The number of nitrogens with zero attached hydrogens (tertiary/aromatic N) is 1. The molecule has 0 aliphatic carbocycles. The number of nitrogens with one attached hydrogen (secondary N) is 1. The molecule has 1 aliphatic rings. The fourth-order valence-electron chi connectivity index (χ4n) is 2.67. The van der Waals surface area contributed by atoms with Crippen LogP contribution in [0.3, 0.4) is 0 Å². The van der Waals surface area contributed by atoms with Crippen LogP contribution in [0, 0.1) is 11.8 Å². The summed E-state index contributed by atoms with van der Waals surface area (Å²) in [7, 11) is 0. The molecule has 2 atom stereocenters. The number of hydrogen-bond acceptors (Lipinski definition) is 2. The van der Waals surface area contributed by atoms with Crippen molar-refractivity contribution in [3.05, 3.63) is 0 Å². The molecule has 0 spiro atoms. The van der Waals surface area contributed by atoms with E-state index in [0.29, 0.717) is 12.0 Å². The van der Waals surface area contributed by atoms with E-state index in [2.05, 4.69) is 31.0 Å². The number of hydrogen-bond donors (Lipinski definition) is 1. The minimum Gasteiger partial charge on any atom is -0.352 e. The Morgan fingerprint density at radius 3 is 2.65 bits per heavy atom. The molecule has 0 saturated carbocycles. The van der Waals surface area contributed by atoms with Gasteiger partial charge < -0.3 is 10.2 Å². The molecule has 1 aliphatic heterocycles. The van der Waals surface area contributed by atoms with Crippen LogP contribution in [0.5, 0.6) is 0 Å². The van der Waals surface area contributed by atoms with E-state index in [9.17, 15) is 4.79 Å². The van der Waals surface area contributed by atoms with Gasteiger partial charge in [0.2, 0.25) is 5.91 Å². The van der Waals surface area contributed by atoms with Crippen molar-refractivity contribution in [3.8, 4) is 0 Å². The molecule has 0 aromatic heterocycles. The predicted octanol–water partition coefficient (Wildman–Crippen LogP) is 2.27. The highest BCUT2D eigenvalue weighted by molar-refractivity contribution is 5.73. The van der Waals surface area contributed by atoms with Crippen LogP contribution < -0.4 is 5.32 Å². The fraction of sp³-hybridized carbons (Fsp3) is 0.929. The van der Waals surface area contributed by atoms with Gasteiger partial charge in [0.1, 0.15) is 0 Å². The number of carbonyl (C=O) groups excluding carboxylic acids is 1. The summed E-state index contributed by atoms with van der Waals surface area (Å²) in [5.41, 5.74) is 0. The van der Waals surface area contributed by atoms with E-state index in [1.54, 1.807) is 6.92 Å². The van der Waals surface area contributed by atoms with Crippen LogP contribution in [0.4, 0.5) is 0 Å². The lowest BCUT2D eigenvalue weighted by molar-refractivity contribution is -0.120. The minimum atomic E-state index is 0.106. The van der Waals surface area contributed by atoms with Gasteiger partial charge in [-0.05, 0) is 31.2 Å². The first-order chi connectivity index (χ1) is 8.02. The smallest absolute Gasteiger partial charge is 0.217 e. The lowest BCUT2D eigenvalue weighted by Gasteiger charge is -2.39. The van der Waals surface area contributed by atoms with Crippen LogP contribution >= 0.6 is 0 Å². The van der Waals surface area contributed by atoms with Gasteiger partial charge in [-0.25, -0.2) is 0 Å². The summed E-state index contributed by atoms with van der Waals surface area (Å²) in [6, 6.07) is 0.352. The zero-order valence-corrected chi connectivity index (χ0v) is 11.8. The molecular weight excluding hydrogens is 212 g/mol. The molecule has 1 saturated heterocycles. The third kappa shape index (κ3) is 5.07. The number of carbonyl (C=O) groups is 1. The van der Waals surface area contributed by atoms with E-state index in [1.807, 2.05) is 0 Å². The van der Waals surface area contributed by atoms with Gasteiger partial charge in [0.25, 0.3) is 0 Å². The molecular formula is C14H28N2O. The second-order valence-corrected chi connectivity index (χ2v) is 5.75. The van der Waals surface area contributed by atoms with Crippen LogP contribution in [-0.2, 0) is 4.79 Å². The number of rotatable bonds is 5. The van der Waals surface area contributed by atoms with Crippen molar-refractivity contribution in [1.29, 1.82) is 0 Å². The normalized spacial score (nSPS) is 26.2. The van der Waals surface area contributed by atoms with E-state index in [4.69, 9.17) is 0 Å². The second kappa shape index (κ2) is 7.00. The fourth-order valence-corrected chi connectivity index (χ4v) is 2.67. The number of piperidine rings is 1. The molecule has 0 radical (unpaired) electrons. The van der Waals surface area contributed by atoms with E-state index in [-0.39, 0.29) is 5.91 Å². The minimum absolute atomic E-state index is 0.106. The molecule has 1 heterocycles. The molecule has 100 valence electrons. The Balaban J connectivity index is 2.52. The van der Waals surface area contributed by atoms with Gasteiger partial charge in [-0.15, -0.1) is 0 Å². The summed E-state index contributed by atoms with van der Waals surface area (Å²) in [4.78, 5) is 13.7. The van der Waals surface area contributed by atoms with Crippen LogP contribution in [-0.4, -0.2) is 36.5 Å². The van der Waals surface area contributed by atoms with Crippen molar-refractivity contribution in [1.82, 2.24) is 10.2 Å². The van der Waals surface area contributed by atoms with Crippen LogP contribution in [0.25, 0.3) is 0 Å². The highest BCUT2D eigenvalue weighted by atomic mass is 16.1. The Morgan fingerprint density at radius 2 is 2.12 bits per heavy atom. The first kappa shape index (κ1) is 14.5. The zero-order valence-electron chi connectivity index (χ0n) is 11.8. The third-order valence-electron chi connectivity index (χ3n) is 3.74. The predicted molar refractivity (Wildman–Crippen MR) is 71.9 cm³/mol. The Hall–Kier alpha value is -0.570. The Kier molecular flexibility index (Phi) is 5.96. The molecule has 3 heteroatoms. The Bertz CT molecular complexity index is 240. The molecule has 0 aromatic rings. The van der Waals surface area contributed by atoms with E-state index in [0.717, 1.165) is 18.9 Å². The lowest BCUT2D eigenvalue weighted by Crippen LogP contribution is -2.51. The molecule has 1 rings (SSSR count). The SMILES string of the molecule is CCCCN1CC(NC(C)=O)CC(C(C)C)C1. The van der Waals surface area contributed by atoms with Crippen molar-refractivity contribution in [3.63, 3.8) is 0 Å². The molecule has 3 nitrogen and oxygen atoms in total. The van der Waals surface area contributed by atoms with Crippen LogP contribution in [0.2, 0.25) is 0 Å². The van der Waals surface area contributed by atoms with Crippen molar-refractivity contribution in [2.24, 2.45) is 11.8 Å². The highest BCUT2D eigenvalue weighted by Crippen LogP contribution is 2.24. The van der Waals surface area contributed by atoms with Gasteiger partial charge in [0, 0.05) is 26.1 Å². The van der Waals surface area contributed by atoms with Crippen LogP contribution in [0.1, 0.15) is 47.0 Å². The van der Waals surface area contributed by atoms with Crippen molar-refractivity contribution >= 4 is 5.91 Å². The monoisotopic (exact) mass is 240 g/mol. The highest BCUT2D eigenvalue weighted by Gasteiger charge is 2.28. The number of unbranched alkanes of at least 4 members (excludes halogenated alkanes) is 1. The van der Waals surface area contributed by atoms with Gasteiger partial charge >= 0.3 is 0 Å². The standard InChI is InChI=1S/C14H28N2O/c1-5-6-7-16-9-13(11(2)3)8-14(10-16)15-12(4)17/h11,13-14H,5-10H2,1-4H3,(H,15,17). The van der Waals surface area contributed by atoms with Gasteiger partial charge in [0.15, 0.2) is 0 Å². The molecule has 2 unspecified atom stereocenters. The quantitative estimate of drug-likeness (QED) is 0.799. The lowest BCUT2D eigenvalue weighted by atomic mass is 9.85. The zero-order chi connectivity index (χ0) is 12.8. The average Bonchev–Trinajstić information content (AvgIpc) is 2.25. The molecule has 1 amide bonds. The van der Waals surface area contributed by atoms with Gasteiger partial charge in [-0.2, -0.15) is 0 Å². The van der Waals surface area contributed by atoms with E-state index in [1.165, 1.54) is 25.9 Å². The summed E-state index contributed by atoms with van der Waals surface area (Å²) in [5.74, 6) is 1.53. The second-order valence-electron chi connectivity index (χ2n) is 5.75. The largest absolute Gasteiger partial charge is 0.352 e. The molecule has 17 heavy (non-hydrogen) atoms. The van der Waals surface area contributed by atoms with Crippen molar-refractivity contribution in [2.75, 3.05) is 19.6 Å². The third-order valence-corrected chi connectivity index (χ3v) is 3.74. The Labute approximate surface area is 106 Å². The summed E-state index contributed by atoms with van der Waals surface area (Å²) in [5, 5.41) is 3.09. The number of likely N-dealkylation sites (tertiary alicyclic amines) is 1. The number of amides is 1. The van der Waals surface area contributed by atoms with Gasteiger partial charge in [-0.1, -0.05) is 27.2 Å². The average molecular weight is 240 g/mol. The summed E-state index contributed by atoms with van der Waals surface area (Å²) in [6.07, 6.45) is 3.64. The summed E-state index contributed by atoms with van der Waals surface area (Å²) >= 11 is 0.